The van der Waals surface area contributed by atoms with Crippen LogP contribution in [0.2, 0.25) is 0 Å². The van der Waals surface area contributed by atoms with Crippen LogP contribution in [-0.2, 0) is 71.1 Å². The molecular weight excluding hydrogens is 961 g/mol. The molecule has 15 nitrogen and oxygen atoms in total. The molecule has 0 amide bonds. The molecule has 0 aliphatic rings. The van der Waals surface area contributed by atoms with Crippen molar-refractivity contribution in [1.29, 1.82) is 0 Å². The molecule has 0 saturated heterocycles. The van der Waals surface area contributed by atoms with Crippen LogP contribution in [-0.4, -0.2) is 198 Å². The average molecular weight is 1080 g/mol. The van der Waals surface area contributed by atoms with Gasteiger partial charge in [0.05, 0.1) is 185 Å². The van der Waals surface area contributed by atoms with Crippen LogP contribution in [0.1, 0.15) is 194 Å². The summed E-state index contributed by atoms with van der Waals surface area (Å²) in [5, 5.41) is 0. The van der Waals surface area contributed by atoms with E-state index in [1.165, 1.54) is 167 Å². The number of hydrogen-bond donors (Lipinski definition) is 0. The Hall–Kier alpha value is -0.600. The Morgan fingerprint density at radius 1 is 0.107 bits per heavy atom. The smallest absolute Gasteiger partial charge is 0.0701 e. The van der Waals surface area contributed by atoms with E-state index in [9.17, 15) is 0 Å². The highest BCUT2D eigenvalue weighted by molar-refractivity contribution is 4.52. The number of unbranched alkanes of at least 4 members (excludes halogenated alkanes) is 26. The number of hydrogen-bond acceptors (Lipinski definition) is 15. The standard InChI is InChI=1S/C60H122O15/c1-3-5-7-9-11-13-15-17-19-21-23-25-27-29-31-61-33-35-63-37-39-65-41-43-67-45-47-69-49-51-71-53-55-73-57-59-75-60-58-74-56-54-72-52-50-70-48-46-68-44-42-66-40-38-64-36-34-62-32-30-28-26-24-22-20-18-16-14-12-10-8-6-4-2/h3-60H2,1-2H3. The van der Waals surface area contributed by atoms with Crippen molar-refractivity contribution in [1.82, 2.24) is 0 Å². The maximum absolute atomic E-state index is 5.70. The van der Waals surface area contributed by atoms with E-state index in [4.69, 9.17) is 71.1 Å². The molecular formula is C60H122O15. The molecule has 0 bridgehead atoms. The zero-order valence-electron chi connectivity index (χ0n) is 49.1. The molecule has 452 valence electrons. The largest absolute Gasteiger partial charge is 0.379 e. The van der Waals surface area contributed by atoms with Gasteiger partial charge in [-0.2, -0.15) is 0 Å². The normalized spacial score (nSPS) is 11.8. The first-order valence-corrected chi connectivity index (χ1v) is 31.1. The van der Waals surface area contributed by atoms with Gasteiger partial charge in [-0.1, -0.05) is 181 Å². The zero-order valence-corrected chi connectivity index (χ0v) is 49.1. The molecule has 0 saturated carbocycles. The highest BCUT2D eigenvalue weighted by Gasteiger charge is 2.00. The first-order valence-electron chi connectivity index (χ1n) is 31.1. The maximum atomic E-state index is 5.70. The summed E-state index contributed by atoms with van der Waals surface area (Å²) in [6.07, 6.45) is 38.5. The van der Waals surface area contributed by atoms with Gasteiger partial charge in [-0.15, -0.1) is 0 Å². The number of rotatable bonds is 72. The van der Waals surface area contributed by atoms with Gasteiger partial charge in [-0.05, 0) is 12.8 Å². The molecule has 0 heterocycles. The van der Waals surface area contributed by atoms with Gasteiger partial charge in [0.2, 0.25) is 0 Å². The Kier molecular flexibility index (Phi) is 72.8. The first kappa shape index (κ1) is 74.4. The van der Waals surface area contributed by atoms with Crippen LogP contribution in [0.3, 0.4) is 0 Å². The second-order valence-electron chi connectivity index (χ2n) is 19.4. The lowest BCUT2D eigenvalue weighted by molar-refractivity contribution is -0.0300. The van der Waals surface area contributed by atoms with Gasteiger partial charge in [0.25, 0.3) is 0 Å². The van der Waals surface area contributed by atoms with Gasteiger partial charge in [0.1, 0.15) is 0 Å². The molecule has 0 aliphatic carbocycles. The van der Waals surface area contributed by atoms with Crippen LogP contribution in [0.4, 0.5) is 0 Å². The molecule has 0 N–H and O–H groups in total. The second-order valence-corrected chi connectivity index (χ2v) is 19.4. The molecule has 0 aromatic heterocycles. The molecule has 0 fully saturated rings. The predicted molar refractivity (Wildman–Crippen MR) is 303 cm³/mol. The maximum Gasteiger partial charge on any atom is 0.0701 e. The minimum atomic E-state index is 0.510. The summed E-state index contributed by atoms with van der Waals surface area (Å²) >= 11 is 0. The fourth-order valence-electron chi connectivity index (χ4n) is 7.98. The summed E-state index contributed by atoms with van der Waals surface area (Å²) < 4.78 is 83.6. The minimum absolute atomic E-state index is 0.510. The summed E-state index contributed by atoms with van der Waals surface area (Å²) in [4.78, 5) is 0. The van der Waals surface area contributed by atoms with E-state index in [1.54, 1.807) is 0 Å². The fraction of sp³-hybridized carbons (Fsp3) is 1.00. The van der Waals surface area contributed by atoms with Gasteiger partial charge in [0, 0.05) is 13.2 Å². The van der Waals surface area contributed by atoms with Crippen molar-refractivity contribution in [3.8, 4) is 0 Å². The lowest BCUT2D eigenvalue weighted by atomic mass is 10.0. The molecule has 0 rings (SSSR count). The van der Waals surface area contributed by atoms with Crippen LogP contribution in [0.15, 0.2) is 0 Å². The molecule has 0 aromatic rings. The van der Waals surface area contributed by atoms with Crippen molar-refractivity contribution < 1.29 is 71.1 Å². The van der Waals surface area contributed by atoms with E-state index in [-0.39, 0.29) is 0 Å². The Balaban J connectivity index is 3.07. The monoisotopic (exact) mass is 1080 g/mol. The third-order valence-electron chi connectivity index (χ3n) is 12.5. The van der Waals surface area contributed by atoms with Crippen LogP contribution in [0.5, 0.6) is 0 Å². The summed E-state index contributed by atoms with van der Waals surface area (Å²) in [5.74, 6) is 0. The van der Waals surface area contributed by atoms with Crippen LogP contribution in [0, 0.1) is 0 Å². The fourth-order valence-corrected chi connectivity index (χ4v) is 7.98. The lowest BCUT2D eigenvalue weighted by Gasteiger charge is -2.09. The average Bonchev–Trinajstić information content (AvgIpc) is 3.42. The lowest BCUT2D eigenvalue weighted by Crippen LogP contribution is -2.15. The van der Waals surface area contributed by atoms with Gasteiger partial charge < -0.3 is 71.1 Å². The molecule has 0 aliphatic heterocycles. The van der Waals surface area contributed by atoms with Gasteiger partial charge in [-0.25, -0.2) is 0 Å². The molecule has 0 radical (unpaired) electrons. The molecule has 75 heavy (non-hydrogen) atoms. The van der Waals surface area contributed by atoms with Crippen molar-refractivity contribution in [2.75, 3.05) is 198 Å². The quantitative estimate of drug-likeness (QED) is 0.0534. The van der Waals surface area contributed by atoms with Crippen LogP contribution in [0.25, 0.3) is 0 Å². The van der Waals surface area contributed by atoms with Crippen molar-refractivity contribution in [3.05, 3.63) is 0 Å². The summed E-state index contributed by atoms with van der Waals surface area (Å²) in [6.45, 7) is 21.4. The van der Waals surface area contributed by atoms with Crippen molar-refractivity contribution >= 4 is 0 Å². The van der Waals surface area contributed by atoms with Crippen molar-refractivity contribution in [3.63, 3.8) is 0 Å². The summed E-state index contributed by atoms with van der Waals surface area (Å²) in [5.41, 5.74) is 0. The number of ether oxygens (including phenoxy) is 15. The Morgan fingerprint density at radius 3 is 0.320 bits per heavy atom. The Morgan fingerprint density at radius 2 is 0.200 bits per heavy atom. The topological polar surface area (TPSA) is 138 Å². The summed E-state index contributed by atoms with van der Waals surface area (Å²) in [6, 6.07) is 0. The Labute approximate surface area is 461 Å². The zero-order chi connectivity index (χ0) is 53.6. The predicted octanol–water partition coefficient (Wildman–Crippen LogP) is 12.2. The van der Waals surface area contributed by atoms with E-state index in [2.05, 4.69) is 13.8 Å². The molecule has 15 heteroatoms. The van der Waals surface area contributed by atoms with Crippen molar-refractivity contribution in [2.45, 2.75) is 194 Å². The van der Waals surface area contributed by atoms with Crippen LogP contribution < -0.4 is 0 Å². The highest BCUT2D eigenvalue weighted by Crippen LogP contribution is 2.14. The third-order valence-corrected chi connectivity index (χ3v) is 12.5. The van der Waals surface area contributed by atoms with Gasteiger partial charge >= 0.3 is 0 Å². The Bertz CT molecular complexity index is 886. The highest BCUT2D eigenvalue weighted by atomic mass is 16.6. The molecule has 0 spiro atoms. The van der Waals surface area contributed by atoms with Gasteiger partial charge in [0.15, 0.2) is 0 Å². The van der Waals surface area contributed by atoms with E-state index in [0.717, 1.165) is 26.1 Å². The van der Waals surface area contributed by atoms with E-state index < -0.39 is 0 Å². The van der Waals surface area contributed by atoms with Gasteiger partial charge in [-0.3, -0.25) is 0 Å². The van der Waals surface area contributed by atoms with E-state index in [1.807, 2.05) is 0 Å². The van der Waals surface area contributed by atoms with Crippen LogP contribution >= 0.6 is 0 Å². The molecule has 0 aromatic carbocycles. The molecule has 0 unspecified atom stereocenters. The SMILES string of the molecule is CCCCCCCCCCCCCCCCOCCOCCOCCOCCOCCOCCOCCOCCOCCOCCOCCOCCOCCOCCOCCCCCCCCCCCCCCCC. The molecule has 0 atom stereocenters. The first-order chi connectivity index (χ1) is 37.4. The minimum Gasteiger partial charge on any atom is -0.379 e. The van der Waals surface area contributed by atoms with E-state index in [0.29, 0.717) is 185 Å². The second kappa shape index (κ2) is 73.4. The third kappa shape index (κ3) is 73.4. The van der Waals surface area contributed by atoms with Crippen molar-refractivity contribution in [2.24, 2.45) is 0 Å². The van der Waals surface area contributed by atoms with E-state index >= 15 is 0 Å². The summed E-state index contributed by atoms with van der Waals surface area (Å²) in [7, 11) is 0.